The van der Waals surface area contributed by atoms with Crippen molar-refractivity contribution >= 4 is 78.1 Å². The highest BCUT2D eigenvalue weighted by molar-refractivity contribution is 7.33. The van der Waals surface area contributed by atoms with Gasteiger partial charge in [0, 0.05) is 48.9 Å². The van der Waals surface area contributed by atoms with E-state index >= 15 is 0 Å². The van der Waals surface area contributed by atoms with Crippen molar-refractivity contribution < 1.29 is 4.11 Å². The Morgan fingerprint density at radius 1 is 0.703 bits per heavy atom. The largest absolute Gasteiger partial charge is 0.311 e. The molecule has 4 aromatic carbocycles. The third kappa shape index (κ3) is 2.86. The van der Waals surface area contributed by atoms with Gasteiger partial charge in [0.05, 0.1) is 5.69 Å². The average molecular weight is 494 g/mol. The maximum absolute atomic E-state index is 8.39. The number of nitrogens with zero attached hydrogens (tertiary/aromatic N) is 3. The molecule has 4 heterocycles. The molecule has 0 saturated carbocycles. The molecule has 6 aromatic rings. The highest BCUT2D eigenvalue weighted by Gasteiger charge is 2.45. The van der Waals surface area contributed by atoms with Crippen molar-refractivity contribution in [1.82, 2.24) is 4.98 Å². The fourth-order valence-corrected chi connectivity index (χ4v) is 7.27. The Morgan fingerprint density at radius 2 is 1.35 bits per heavy atom. The molecule has 0 saturated heterocycles. The summed E-state index contributed by atoms with van der Waals surface area (Å²) in [5.41, 5.74) is 9.06. The van der Waals surface area contributed by atoms with Crippen molar-refractivity contribution in [2.45, 2.75) is 6.85 Å². The average Bonchev–Trinajstić information content (AvgIpc) is 3.37. The van der Waals surface area contributed by atoms with Crippen LogP contribution in [0.3, 0.4) is 0 Å². The van der Waals surface area contributed by atoms with Gasteiger partial charge >= 0.3 is 0 Å². The first-order chi connectivity index (χ1) is 19.5. The molecule has 5 heteroatoms. The Labute approximate surface area is 224 Å². The van der Waals surface area contributed by atoms with Gasteiger partial charge < -0.3 is 9.80 Å². The quantitative estimate of drug-likeness (QED) is 0.250. The molecule has 0 unspecified atom stereocenters. The van der Waals surface area contributed by atoms with Gasteiger partial charge in [-0.15, -0.1) is 11.3 Å². The van der Waals surface area contributed by atoms with Crippen LogP contribution in [0.2, 0.25) is 0 Å². The van der Waals surface area contributed by atoms with Crippen LogP contribution in [-0.2, 0) is 0 Å². The zero-order valence-corrected chi connectivity index (χ0v) is 20.6. The van der Waals surface area contributed by atoms with E-state index in [4.69, 9.17) is 9.10 Å². The van der Waals surface area contributed by atoms with Crippen LogP contribution in [0.15, 0.2) is 115 Å². The molecule has 2 aliphatic heterocycles. The van der Waals surface area contributed by atoms with Gasteiger partial charge in [-0.3, -0.25) is 0 Å². The molecule has 37 heavy (non-hydrogen) atoms. The first-order valence-electron chi connectivity index (χ1n) is 13.9. The van der Waals surface area contributed by atoms with Crippen molar-refractivity contribution in [2.75, 3.05) is 9.80 Å². The lowest BCUT2D eigenvalue weighted by Gasteiger charge is -2.43. The molecule has 0 bridgehead atoms. The van der Waals surface area contributed by atoms with Crippen molar-refractivity contribution in [3.8, 4) is 0 Å². The molecule has 0 radical (unpaired) electrons. The molecule has 174 valence electrons. The van der Waals surface area contributed by atoms with Crippen LogP contribution < -0.4 is 25.5 Å². The number of fused-ring (bicyclic) bond motifs is 6. The zero-order chi connectivity index (χ0) is 27.0. The number of thiophene rings is 1. The Bertz CT molecular complexity index is 1920. The maximum Gasteiger partial charge on any atom is 0.264 e. The molecule has 2 aromatic heterocycles. The number of aryl methyl sites for hydroxylation is 1. The molecule has 3 nitrogen and oxygen atoms in total. The molecule has 0 aliphatic carbocycles. The summed E-state index contributed by atoms with van der Waals surface area (Å²) in [6, 6.07) is 37.4. The lowest BCUT2D eigenvalue weighted by Crippen LogP contribution is -2.60. The normalized spacial score (nSPS) is 14.9. The zero-order valence-electron chi connectivity index (χ0n) is 22.8. The van der Waals surface area contributed by atoms with Crippen molar-refractivity contribution in [3.63, 3.8) is 0 Å². The van der Waals surface area contributed by atoms with Gasteiger partial charge in [-0.05, 0) is 71.9 Å². The number of benzene rings is 4. The fraction of sp³-hybridized carbons (Fsp3) is 0.0312. The molecular formula is C32H22BN3S. The van der Waals surface area contributed by atoms with Crippen LogP contribution in [0.4, 0.5) is 34.1 Å². The smallest absolute Gasteiger partial charge is 0.264 e. The molecular weight excluding hydrogens is 469 g/mol. The Hall–Kier alpha value is -4.35. The van der Waals surface area contributed by atoms with Gasteiger partial charge in [-0.2, -0.15) is 0 Å². The molecule has 0 fully saturated rings. The van der Waals surface area contributed by atoms with Crippen molar-refractivity contribution in [1.29, 1.82) is 0 Å². The second-order valence-corrected chi connectivity index (χ2v) is 10.4. The van der Waals surface area contributed by atoms with Gasteiger partial charge in [0.2, 0.25) is 0 Å². The Kier molecular flexibility index (Phi) is 3.80. The predicted octanol–water partition coefficient (Wildman–Crippen LogP) is 6.69. The van der Waals surface area contributed by atoms with Crippen LogP contribution in [0, 0.1) is 6.85 Å². The Morgan fingerprint density at radius 3 is 2.11 bits per heavy atom. The molecule has 8 rings (SSSR count). The highest BCUT2D eigenvalue weighted by Crippen LogP contribution is 2.47. The van der Waals surface area contributed by atoms with E-state index in [-0.39, 0.29) is 6.71 Å². The summed E-state index contributed by atoms with van der Waals surface area (Å²) in [4.78, 5) is 10.1. The van der Waals surface area contributed by atoms with E-state index in [1.165, 1.54) is 10.9 Å². The SMILES string of the molecule is [2H]C([2H])([2H])c1ccnc2sc3c(c12)N(c1ccccc1)c1cccc2c1B3c1ccccc1N2c1ccccc1. The number of para-hydroxylation sites is 3. The molecule has 2 aliphatic rings. The van der Waals surface area contributed by atoms with Gasteiger partial charge in [0.15, 0.2) is 0 Å². The number of hydrogen-bond acceptors (Lipinski definition) is 4. The summed E-state index contributed by atoms with van der Waals surface area (Å²) in [5, 5.41) is 0.713. The fourth-order valence-electron chi connectivity index (χ4n) is 5.98. The van der Waals surface area contributed by atoms with Gasteiger partial charge in [-0.1, -0.05) is 60.7 Å². The second-order valence-electron chi connectivity index (χ2n) is 9.40. The van der Waals surface area contributed by atoms with E-state index in [1.807, 2.05) is 24.3 Å². The number of hydrogen-bond donors (Lipinski definition) is 0. The van der Waals surface area contributed by atoms with Crippen LogP contribution in [-0.4, -0.2) is 11.7 Å². The van der Waals surface area contributed by atoms with Gasteiger partial charge in [-0.25, -0.2) is 4.98 Å². The second kappa shape index (κ2) is 7.83. The number of rotatable bonds is 2. The molecule has 0 spiro atoms. The maximum atomic E-state index is 8.39. The minimum atomic E-state index is -2.27. The van der Waals surface area contributed by atoms with E-state index in [9.17, 15) is 0 Å². The summed E-state index contributed by atoms with van der Waals surface area (Å²) in [6.45, 7) is -2.32. The van der Waals surface area contributed by atoms with E-state index in [0.717, 1.165) is 43.7 Å². The number of anilines is 6. The summed E-state index contributed by atoms with van der Waals surface area (Å²) in [7, 11) is 0. The monoisotopic (exact) mass is 494 g/mol. The summed E-state index contributed by atoms with van der Waals surface area (Å²) < 4.78 is 26.3. The van der Waals surface area contributed by atoms with E-state index in [2.05, 4.69) is 88.7 Å². The standard InChI is InChI=1S/C32H22BN3S/c1-21-19-20-34-32-28(21)30-31(37-32)33-24-15-8-9-16-25(24)35(22-11-4-2-5-12-22)26-17-10-18-27(29(26)33)36(30)23-13-6-3-7-14-23/h2-20H,1H3/i1D3. The van der Waals surface area contributed by atoms with Crippen LogP contribution in [0.5, 0.6) is 0 Å². The third-order valence-electron chi connectivity index (χ3n) is 7.43. The van der Waals surface area contributed by atoms with Crippen molar-refractivity contribution in [2.24, 2.45) is 0 Å². The number of aromatic nitrogens is 1. The Balaban J connectivity index is 1.52. The molecule has 0 N–H and O–H groups in total. The van der Waals surface area contributed by atoms with Gasteiger partial charge in [0.1, 0.15) is 4.83 Å². The van der Waals surface area contributed by atoms with Crippen LogP contribution >= 0.6 is 11.3 Å². The number of pyridine rings is 1. The summed E-state index contributed by atoms with van der Waals surface area (Å²) in [6.07, 6.45) is 1.63. The predicted molar refractivity (Wildman–Crippen MR) is 158 cm³/mol. The minimum absolute atomic E-state index is 0.0547. The first-order valence-corrected chi connectivity index (χ1v) is 13.2. The van der Waals surface area contributed by atoms with Crippen molar-refractivity contribution in [3.05, 3.63) is 121 Å². The topological polar surface area (TPSA) is 19.4 Å². The lowest BCUT2D eigenvalue weighted by atomic mass is 9.36. The van der Waals surface area contributed by atoms with Gasteiger partial charge in [0.25, 0.3) is 6.71 Å². The third-order valence-corrected chi connectivity index (χ3v) is 8.58. The van der Waals surface area contributed by atoms with E-state index in [0.29, 0.717) is 10.9 Å². The van der Waals surface area contributed by atoms with E-state index in [1.54, 1.807) is 23.6 Å². The molecule has 0 amide bonds. The van der Waals surface area contributed by atoms with E-state index < -0.39 is 6.85 Å². The molecule has 0 atom stereocenters. The lowest BCUT2D eigenvalue weighted by molar-refractivity contribution is 1.26. The summed E-state index contributed by atoms with van der Waals surface area (Å²) in [5.74, 6) is 0. The van der Waals surface area contributed by atoms with Crippen LogP contribution in [0.1, 0.15) is 9.68 Å². The minimum Gasteiger partial charge on any atom is -0.311 e. The first kappa shape index (κ1) is 18.0. The van der Waals surface area contributed by atoms with Crippen LogP contribution in [0.25, 0.3) is 10.2 Å². The highest BCUT2D eigenvalue weighted by atomic mass is 32.1. The summed E-state index contributed by atoms with van der Waals surface area (Å²) >= 11 is 1.61.